The van der Waals surface area contributed by atoms with E-state index in [0.717, 1.165) is 11.5 Å². The summed E-state index contributed by atoms with van der Waals surface area (Å²) in [5, 5.41) is 0. The third kappa shape index (κ3) is 5.00. The first-order valence-corrected chi connectivity index (χ1v) is 6.70. The highest BCUT2D eigenvalue weighted by Crippen LogP contribution is 2.27. The second kappa shape index (κ2) is 7.62. The minimum absolute atomic E-state index is 0.476. The van der Waals surface area contributed by atoms with E-state index in [4.69, 9.17) is 9.47 Å². The van der Waals surface area contributed by atoms with Gasteiger partial charge in [-0.25, -0.2) is 0 Å². The SMILES string of the molecule is Cc1ccc(C(C)C)c(OCCOCCS)c1. The Morgan fingerprint density at radius 3 is 2.59 bits per heavy atom. The molecule has 3 heteroatoms. The van der Waals surface area contributed by atoms with Crippen LogP contribution in [0, 0.1) is 6.92 Å². The van der Waals surface area contributed by atoms with Gasteiger partial charge in [0.2, 0.25) is 0 Å². The molecule has 0 fully saturated rings. The van der Waals surface area contributed by atoms with Gasteiger partial charge in [-0.2, -0.15) is 12.6 Å². The van der Waals surface area contributed by atoms with Crippen LogP contribution in [-0.2, 0) is 4.74 Å². The van der Waals surface area contributed by atoms with Gasteiger partial charge in [0, 0.05) is 5.75 Å². The molecule has 0 bridgehead atoms. The Bertz CT molecular complexity index is 337. The van der Waals surface area contributed by atoms with Crippen LogP contribution in [0.1, 0.15) is 30.9 Å². The van der Waals surface area contributed by atoms with Crippen LogP contribution in [0.3, 0.4) is 0 Å². The molecule has 0 aromatic heterocycles. The van der Waals surface area contributed by atoms with Crippen LogP contribution >= 0.6 is 12.6 Å². The van der Waals surface area contributed by atoms with E-state index in [1.54, 1.807) is 0 Å². The lowest BCUT2D eigenvalue weighted by Gasteiger charge is -2.14. The minimum Gasteiger partial charge on any atom is -0.491 e. The lowest BCUT2D eigenvalue weighted by Crippen LogP contribution is -2.09. The molecule has 17 heavy (non-hydrogen) atoms. The van der Waals surface area contributed by atoms with Gasteiger partial charge in [-0.3, -0.25) is 0 Å². The van der Waals surface area contributed by atoms with Crippen molar-refractivity contribution in [1.82, 2.24) is 0 Å². The maximum Gasteiger partial charge on any atom is 0.123 e. The average molecular weight is 254 g/mol. The molecular weight excluding hydrogens is 232 g/mol. The van der Waals surface area contributed by atoms with Gasteiger partial charge in [0.1, 0.15) is 12.4 Å². The summed E-state index contributed by atoms with van der Waals surface area (Å²) in [6.07, 6.45) is 0. The maximum atomic E-state index is 5.78. The Morgan fingerprint density at radius 1 is 1.18 bits per heavy atom. The van der Waals surface area contributed by atoms with Crippen molar-refractivity contribution in [2.24, 2.45) is 0 Å². The Hall–Kier alpha value is -0.670. The molecule has 0 atom stereocenters. The van der Waals surface area contributed by atoms with Crippen molar-refractivity contribution < 1.29 is 9.47 Å². The van der Waals surface area contributed by atoms with E-state index in [1.807, 2.05) is 0 Å². The van der Waals surface area contributed by atoms with E-state index in [9.17, 15) is 0 Å². The van der Waals surface area contributed by atoms with E-state index >= 15 is 0 Å². The summed E-state index contributed by atoms with van der Waals surface area (Å²) in [7, 11) is 0. The third-order valence-electron chi connectivity index (χ3n) is 2.51. The molecular formula is C14H22O2S. The van der Waals surface area contributed by atoms with Gasteiger partial charge < -0.3 is 9.47 Å². The van der Waals surface area contributed by atoms with Crippen molar-refractivity contribution in [3.63, 3.8) is 0 Å². The molecule has 2 nitrogen and oxygen atoms in total. The van der Waals surface area contributed by atoms with Crippen LogP contribution in [0.4, 0.5) is 0 Å². The highest BCUT2D eigenvalue weighted by atomic mass is 32.1. The Balaban J connectivity index is 2.53. The van der Waals surface area contributed by atoms with Gasteiger partial charge in [0.05, 0.1) is 13.2 Å². The van der Waals surface area contributed by atoms with E-state index in [-0.39, 0.29) is 0 Å². The molecule has 1 aromatic rings. The highest BCUT2D eigenvalue weighted by molar-refractivity contribution is 7.80. The molecule has 0 amide bonds. The molecule has 0 aliphatic heterocycles. The smallest absolute Gasteiger partial charge is 0.123 e. The van der Waals surface area contributed by atoms with Crippen LogP contribution in [0.25, 0.3) is 0 Å². The number of hydrogen-bond donors (Lipinski definition) is 1. The summed E-state index contributed by atoms with van der Waals surface area (Å²) in [5.41, 5.74) is 2.48. The van der Waals surface area contributed by atoms with Crippen LogP contribution in [-0.4, -0.2) is 25.6 Å². The average Bonchev–Trinajstić information content (AvgIpc) is 2.28. The van der Waals surface area contributed by atoms with Gasteiger partial charge in [-0.1, -0.05) is 26.0 Å². The molecule has 0 saturated carbocycles. The van der Waals surface area contributed by atoms with E-state index in [0.29, 0.717) is 25.7 Å². The zero-order valence-electron chi connectivity index (χ0n) is 10.9. The number of hydrogen-bond acceptors (Lipinski definition) is 3. The Labute approximate surface area is 110 Å². The van der Waals surface area contributed by atoms with Crippen molar-refractivity contribution in [2.45, 2.75) is 26.7 Å². The number of thiol groups is 1. The zero-order valence-corrected chi connectivity index (χ0v) is 11.8. The molecule has 0 saturated heterocycles. The summed E-state index contributed by atoms with van der Waals surface area (Å²) in [6, 6.07) is 6.36. The molecule has 0 aliphatic rings. The van der Waals surface area contributed by atoms with Crippen molar-refractivity contribution in [3.05, 3.63) is 29.3 Å². The largest absolute Gasteiger partial charge is 0.491 e. The first kappa shape index (κ1) is 14.4. The quantitative estimate of drug-likeness (QED) is 0.593. The fraction of sp³-hybridized carbons (Fsp3) is 0.571. The number of rotatable bonds is 7. The van der Waals surface area contributed by atoms with Crippen molar-refractivity contribution in [2.75, 3.05) is 25.6 Å². The van der Waals surface area contributed by atoms with Crippen molar-refractivity contribution in [3.8, 4) is 5.75 Å². The summed E-state index contributed by atoms with van der Waals surface area (Å²) in [4.78, 5) is 0. The number of aryl methyl sites for hydroxylation is 1. The molecule has 1 aromatic carbocycles. The van der Waals surface area contributed by atoms with Gasteiger partial charge >= 0.3 is 0 Å². The fourth-order valence-electron chi connectivity index (χ4n) is 1.62. The Morgan fingerprint density at radius 2 is 1.94 bits per heavy atom. The second-order valence-corrected chi connectivity index (χ2v) is 4.83. The molecule has 0 unspecified atom stereocenters. The van der Waals surface area contributed by atoms with Gasteiger partial charge in [-0.05, 0) is 30.0 Å². The van der Waals surface area contributed by atoms with E-state index in [2.05, 4.69) is 51.6 Å². The molecule has 0 aliphatic carbocycles. The second-order valence-electron chi connectivity index (χ2n) is 4.38. The van der Waals surface area contributed by atoms with Crippen LogP contribution in [0.5, 0.6) is 5.75 Å². The van der Waals surface area contributed by atoms with Crippen molar-refractivity contribution >= 4 is 12.6 Å². The van der Waals surface area contributed by atoms with Gasteiger partial charge in [0.15, 0.2) is 0 Å². The fourth-order valence-corrected chi connectivity index (χ4v) is 1.75. The summed E-state index contributed by atoms with van der Waals surface area (Å²) in [6.45, 7) is 8.32. The van der Waals surface area contributed by atoms with Gasteiger partial charge in [0.25, 0.3) is 0 Å². The van der Waals surface area contributed by atoms with Crippen molar-refractivity contribution in [1.29, 1.82) is 0 Å². The first-order valence-electron chi connectivity index (χ1n) is 6.07. The third-order valence-corrected chi connectivity index (χ3v) is 2.69. The monoisotopic (exact) mass is 254 g/mol. The molecule has 0 heterocycles. The Kier molecular flexibility index (Phi) is 6.45. The standard InChI is InChI=1S/C14H22O2S/c1-11(2)13-5-4-12(3)10-14(13)16-7-6-15-8-9-17/h4-5,10-11,17H,6-9H2,1-3H3. The number of benzene rings is 1. The lowest BCUT2D eigenvalue weighted by molar-refractivity contribution is 0.111. The first-order chi connectivity index (χ1) is 8.15. The summed E-state index contributed by atoms with van der Waals surface area (Å²) in [5.74, 6) is 2.21. The lowest BCUT2D eigenvalue weighted by atomic mass is 10.0. The topological polar surface area (TPSA) is 18.5 Å². The highest BCUT2D eigenvalue weighted by Gasteiger charge is 2.07. The van der Waals surface area contributed by atoms with E-state index in [1.165, 1.54) is 11.1 Å². The van der Waals surface area contributed by atoms with Crippen LogP contribution in [0.15, 0.2) is 18.2 Å². The maximum absolute atomic E-state index is 5.78. The normalized spacial score (nSPS) is 10.9. The predicted octanol–water partition coefficient (Wildman–Crippen LogP) is 3.44. The summed E-state index contributed by atoms with van der Waals surface area (Å²) >= 11 is 4.08. The predicted molar refractivity (Wildman–Crippen MR) is 75.4 cm³/mol. The zero-order chi connectivity index (χ0) is 12.7. The molecule has 0 spiro atoms. The van der Waals surface area contributed by atoms with Crippen LogP contribution in [0.2, 0.25) is 0 Å². The number of ether oxygens (including phenoxy) is 2. The minimum atomic E-state index is 0.476. The molecule has 1 rings (SSSR count). The van der Waals surface area contributed by atoms with Crippen LogP contribution < -0.4 is 4.74 Å². The molecule has 96 valence electrons. The molecule has 0 N–H and O–H groups in total. The molecule has 0 radical (unpaired) electrons. The summed E-state index contributed by atoms with van der Waals surface area (Å²) < 4.78 is 11.1. The van der Waals surface area contributed by atoms with E-state index < -0.39 is 0 Å². The van der Waals surface area contributed by atoms with Gasteiger partial charge in [-0.15, -0.1) is 0 Å².